The third-order valence-corrected chi connectivity index (χ3v) is 2.49. The first kappa shape index (κ1) is 12.7. The van der Waals surface area contributed by atoms with Gasteiger partial charge in [0.05, 0.1) is 0 Å². The van der Waals surface area contributed by atoms with Crippen LogP contribution in [0, 0.1) is 0 Å². The molecule has 1 heterocycles. The topological polar surface area (TPSA) is 74.2 Å². The number of ether oxygens (including phenoxy) is 1. The fourth-order valence-electron chi connectivity index (χ4n) is 1.56. The number of aromatic nitrogens is 2. The van der Waals surface area contributed by atoms with Gasteiger partial charge in [-0.25, -0.2) is 0 Å². The molecule has 2 rings (SSSR count). The van der Waals surface area contributed by atoms with Gasteiger partial charge in [0, 0.05) is 6.61 Å². The van der Waals surface area contributed by atoms with E-state index in [2.05, 4.69) is 10.1 Å². The van der Waals surface area contributed by atoms with E-state index >= 15 is 0 Å². The van der Waals surface area contributed by atoms with Crippen LogP contribution in [-0.4, -0.2) is 16.7 Å². The van der Waals surface area contributed by atoms with Crippen molar-refractivity contribution >= 4 is 0 Å². The lowest BCUT2D eigenvalue weighted by atomic mass is 10.1. The van der Waals surface area contributed by atoms with Gasteiger partial charge in [-0.3, -0.25) is 0 Å². The zero-order valence-corrected chi connectivity index (χ0v) is 10.4. The second-order valence-electron chi connectivity index (χ2n) is 3.99. The Hall–Kier alpha value is -1.72. The van der Waals surface area contributed by atoms with Gasteiger partial charge in [-0.15, -0.1) is 0 Å². The van der Waals surface area contributed by atoms with Gasteiger partial charge in [-0.05, 0) is 12.0 Å². The second-order valence-corrected chi connectivity index (χ2v) is 3.99. The number of rotatable bonds is 6. The van der Waals surface area contributed by atoms with Gasteiger partial charge in [0.1, 0.15) is 12.6 Å². The van der Waals surface area contributed by atoms with Crippen molar-refractivity contribution in [1.82, 2.24) is 10.1 Å². The highest BCUT2D eigenvalue weighted by molar-refractivity contribution is 5.22. The summed E-state index contributed by atoms with van der Waals surface area (Å²) < 4.78 is 10.5. The molecule has 0 aliphatic rings. The number of hydrogen-bond acceptors (Lipinski definition) is 5. The van der Waals surface area contributed by atoms with Crippen LogP contribution >= 0.6 is 0 Å². The van der Waals surface area contributed by atoms with Crippen molar-refractivity contribution in [2.24, 2.45) is 5.73 Å². The quantitative estimate of drug-likeness (QED) is 0.791. The molecular formula is C13H17N3O2. The summed E-state index contributed by atoms with van der Waals surface area (Å²) in [5.74, 6) is 0.945. The molecule has 0 aliphatic heterocycles. The molecule has 2 N–H and O–H groups in total. The number of nitrogens with two attached hydrogens (primary N) is 1. The highest BCUT2D eigenvalue weighted by Crippen LogP contribution is 2.17. The summed E-state index contributed by atoms with van der Waals surface area (Å²) >= 11 is 0. The van der Waals surface area contributed by atoms with Crippen molar-refractivity contribution in [2.45, 2.75) is 26.0 Å². The maximum absolute atomic E-state index is 6.05. The van der Waals surface area contributed by atoms with Crippen molar-refractivity contribution in [3.63, 3.8) is 0 Å². The predicted molar refractivity (Wildman–Crippen MR) is 66.7 cm³/mol. The van der Waals surface area contributed by atoms with Gasteiger partial charge >= 0.3 is 0 Å². The van der Waals surface area contributed by atoms with Crippen LogP contribution in [-0.2, 0) is 11.3 Å². The molecule has 0 saturated heterocycles. The molecule has 0 radical (unpaired) electrons. The van der Waals surface area contributed by atoms with Gasteiger partial charge in [0.15, 0.2) is 5.82 Å². The maximum Gasteiger partial charge on any atom is 0.248 e. The van der Waals surface area contributed by atoms with Crippen LogP contribution < -0.4 is 5.73 Å². The van der Waals surface area contributed by atoms with E-state index in [-0.39, 0.29) is 0 Å². The SMILES string of the molecule is CCCOCc1noc([C@@H](N)c2ccccc2)n1. The Kier molecular flexibility index (Phi) is 4.44. The lowest BCUT2D eigenvalue weighted by Gasteiger charge is -2.05. The van der Waals surface area contributed by atoms with Crippen LogP contribution in [0.15, 0.2) is 34.9 Å². The molecule has 0 fully saturated rings. The molecule has 1 atom stereocenters. The lowest BCUT2D eigenvalue weighted by molar-refractivity contribution is 0.114. The van der Waals surface area contributed by atoms with E-state index in [1.807, 2.05) is 37.3 Å². The van der Waals surface area contributed by atoms with Crippen molar-refractivity contribution < 1.29 is 9.26 Å². The molecule has 96 valence electrons. The first-order valence-corrected chi connectivity index (χ1v) is 6.02. The summed E-state index contributed by atoms with van der Waals surface area (Å²) in [6.45, 7) is 3.10. The molecule has 0 unspecified atom stereocenters. The average molecular weight is 247 g/mol. The van der Waals surface area contributed by atoms with Crippen LogP contribution in [0.2, 0.25) is 0 Å². The Balaban J connectivity index is 2.01. The molecule has 0 spiro atoms. The summed E-state index contributed by atoms with van der Waals surface area (Å²) in [7, 11) is 0. The van der Waals surface area contributed by atoms with E-state index < -0.39 is 6.04 Å². The molecular weight excluding hydrogens is 230 g/mol. The van der Waals surface area contributed by atoms with E-state index in [1.165, 1.54) is 0 Å². The van der Waals surface area contributed by atoms with E-state index in [4.69, 9.17) is 15.0 Å². The molecule has 0 aliphatic carbocycles. The largest absolute Gasteiger partial charge is 0.373 e. The van der Waals surface area contributed by atoms with Crippen molar-refractivity contribution in [3.8, 4) is 0 Å². The molecule has 5 nitrogen and oxygen atoms in total. The van der Waals surface area contributed by atoms with Crippen LogP contribution in [0.1, 0.15) is 36.7 Å². The first-order valence-electron chi connectivity index (χ1n) is 6.02. The van der Waals surface area contributed by atoms with Crippen LogP contribution in [0.4, 0.5) is 0 Å². The van der Waals surface area contributed by atoms with Gasteiger partial charge in [0.2, 0.25) is 5.89 Å². The summed E-state index contributed by atoms with van der Waals surface area (Å²) in [4.78, 5) is 4.23. The van der Waals surface area contributed by atoms with E-state index in [9.17, 15) is 0 Å². The molecule has 18 heavy (non-hydrogen) atoms. The van der Waals surface area contributed by atoms with Crippen LogP contribution in [0.5, 0.6) is 0 Å². The van der Waals surface area contributed by atoms with Gasteiger partial charge in [0.25, 0.3) is 0 Å². The summed E-state index contributed by atoms with van der Waals surface area (Å²) in [6.07, 6.45) is 0.967. The van der Waals surface area contributed by atoms with Gasteiger partial charge < -0.3 is 15.0 Å². The smallest absolute Gasteiger partial charge is 0.248 e. The molecule has 1 aromatic heterocycles. The zero-order valence-electron chi connectivity index (χ0n) is 10.4. The molecule has 0 bridgehead atoms. The Morgan fingerprint density at radius 3 is 2.83 bits per heavy atom. The van der Waals surface area contributed by atoms with E-state index in [1.54, 1.807) is 0 Å². The standard InChI is InChI=1S/C13H17N3O2/c1-2-8-17-9-11-15-13(18-16-11)12(14)10-6-4-3-5-7-10/h3-7,12H,2,8-9,14H2,1H3/t12-/m0/s1. The maximum atomic E-state index is 6.05. The Bertz CT molecular complexity index is 470. The van der Waals surface area contributed by atoms with Crippen molar-refractivity contribution in [2.75, 3.05) is 6.61 Å². The third kappa shape index (κ3) is 3.15. The van der Waals surface area contributed by atoms with Crippen LogP contribution in [0.3, 0.4) is 0 Å². The Morgan fingerprint density at radius 2 is 2.11 bits per heavy atom. The zero-order chi connectivity index (χ0) is 12.8. The third-order valence-electron chi connectivity index (χ3n) is 2.49. The summed E-state index contributed by atoms with van der Waals surface area (Å²) in [5, 5.41) is 3.84. The second kappa shape index (κ2) is 6.28. The molecule has 1 aromatic carbocycles. The average Bonchev–Trinajstić information content (AvgIpc) is 2.88. The minimum Gasteiger partial charge on any atom is -0.373 e. The fourth-order valence-corrected chi connectivity index (χ4v) is 1.56. The first-order chi connectivity index (χ1) is 8.81. The fraction of sp³-hybridized carbons (Fsp3) is 0.385. The van der Waals surface area contributed by atoms with Crippen molar-refractivity contribution in [3.05, 3.63) is 47.6 Å². The Morgan fingerprint density at radius 1 is 1.33 bits per heavy atom. The number of hydrogen-bond donors (Lipinski definition) is 1. The molecule has 0 saturated carbocycles. The van der Waals surface area contributed by atoms with E-state index in [0.717, 1.165) is 12.0 Å². The highest BCUT2D eigenvalue weighted by Gasteiger charge is 2.16. The highest BCUT2D eigenvalue weighted by atomic mass is 16.5. The Labute approximate surface area is 106 Å². The minimum absolute atomic E-state index is 0.360. The predicted octanol–water partition coefficient (Wildman–Crippen LogP) is 2.04. The molecule has 0 amide bonds. The van der Waals surface area contributed by atoms with Gasteiger partial charge in [-0.1, -0.05) is 42.4 Å². The molecule has 2 aromatic rings. The number of nitrogens with zero attached hydrogens (tertiary/aromatic N) is 2. The minimum atomic E-state index is -0.390. The lowest BCUT2D eigenvalue weighted by Crippen LogP contribution is -2.12. The summed E-state index contributed by atoms with van der Waals surface area (Å²) in [6, 6.07) is 9.27. The normalized spacial score (nSPS) is 12.6. The monoisotopic (exact) mass is 247 g/mol. The van der Waals surface area contributed by atoms with E-state index in [0.29, 0.717) is 24.9 Å². The van der Waals surface area contributed by atoms with Crippen molar-refractivity contribution in [1.29, 1.82) is 0 Å². The van der Waals surface area contributed by atoms with Crippen LogP contribution in [0.25, 0.3) is 0 Å². The number of benzene rings is 1. The van der Waals surface area contributed by atoms with Gasteiger partial charge in [-0.2, -0.15) is 4.98 Å². The summed E-state index contributed by atoms with van der Waals surface area (Å²) in [5.41, 5.74) is 6.99. The molecule has 5 heteroatoms.